The van der Waals surface area contributed by atoms with Crippen molar-refractivity contribution in [3.63, 3.8) is 0 Å². The van der Waals surface area contributed by atoms with E-state index in [9.17, 15) is 0 Å². The maximum absolute atomic E-state index is 9.11. The number of aromatic nitrogens is 2. The van der Waals surface area contributed by atoms with Crippen LogP contribution in [-0.2, 0) is 0 Å². The molecule has 0 atom stereocenters. The minimum Gasteiger partial charge on any atom is -0.495 e. The summed E-state index contributed by atoms with van der Waals surface area (Å²) in [6.45, 7) is 0. The monoisotopic (exact) mass is 249 g/mol. The number of nitriles is 1. The molecule has 0 saturated heterocycles. The third-order valence-electron chi connectivity index (χ3n) is 3.06. The highest BCUT2D eigenvalue weighted by Crippen LogP contribution is 2.32. The van der Waals surface area contributed by atoms with Crippen molar-refractivity contribution in [1.82, 2.24) is 9.78 Å². The van der Waals surface area contributed by atoms with Crippen molar-refractivity contribution >= 4 is 10.8 Å². The van der Waals surface area contributed by atoms with E-state index >= 15 is 0 Å². The van der Waals surface area contributed by atoms with E-state index in [0.717, 1.165) is 16.5 Å². The Kier molecular flexibility index (Phi) is 2.66. The Morgan fingerprint density at radius 1 is 1.16 bits per heavy atom. The molecule has 0 fully saturated rings. The van der Waals surface area contributed by atoms with Crippen molar-refractivity contribution in [2.75, 3.05) is 7.11 Å². The third-order valence-corrected chi connectivity index (χ3v) is 3.06. The molecule has 0 unspecified atom stereocenters. The zero-order valence-electron chi connectivity index (χ0n) is 10.4. The Bertz CT molecular complexity index is 770. The van der Waals surface area contributed by atoms with Gasteiger partial charge in [0.2, 0.25) is 0 Å². The van der Waals surface area contributed by atoms with Gasteiger partial charge in [0.1, 0.15) is 11.8 Å². The highest BCUT2D eigenvalue weighted by atomic mass is 16.5. The molecule has 0 saturated carbocycles. The second-order valence-electron chi connectivity index (χ2n) is 4.08. The molecule has 1 heterocycles. The van der Waals surface area contributed by atoms with E-state index in [0.29, 0.717) is 11.3 Å². The van der Waals surface area contributed by atoms with Crippen LogP contribution >= 0.6 is 0 Å². The summed E-state index contributed by atoms with van der Waals surface area (Å²) in [5.74, 6) is 0.606. The highest BCUT2D eigenvalue weighted by Gasteiger charge is 2.11. The van der Waals surface area contributed by atoms with Crippen molar-refractivity contribution in [3.8, 4) is 17.5 Å². The van der Waals surface area contributed by atoms with E-state index in [1.165, 1.54) is 0 Å². The summed E-state index contributed by atoms with van der Waals surface area (Å²) in [6.07, 6.45) is 3.62. The number of rotatable bonds is 2. The van der Waals surface area contributed by atoms with E-state index in [-0.39, 0.29) is 0 Å². The van der Waals surface area contributed by atoms with Gasteiger partial charge in [0.05, 0.1) is 18.4 Å². The van der Waals surface area contributed by atoms with Crippen LogP contribution in [0, 0.1) is 11.3 Å². The zero-order chi connectivity index (χ0) is 13.2. The average Bonchev–Trinajstić information content (AvgIpc) is 2.99. The molecule has 3 rings (SSSR count). The molecule has 0 spiro atoms. The number of fused-ring (bicyclic) bond motifs is 1. The minimum absolute atomic E-state index is 0.535. The number of benzene rings is 2. The van der Waals surface area contributed by atoms with Crippen LogP contribution in [0.5, 0.6) is 5.75 Å². The van der Waals surface area contributed by atoms with Gasteiger partial charge in [-0.15, -0.1) is 0 Å². The molecule has 0 aliphatic heterocycles. The fraction of sp³-hybridized carbons (Fsp3) is 0.0667. The normalized spacial score (nSPS) is 10.3. The molecule has 0 amide bonds. The molecule has 92 valence electrons. The van der Waals surface area contributed by atoms with Gasteiger partial charge in [0.15, 0.2) is 0 Å². The van der Waals surface area contributed by atoms with Crippen LogP contribution in [0.4, 0.5) is 0 Å². The molecule has 4 nitrogen and oxygen atoms in total. The summed E-state index contributed by atoms with van der Waals surface area (Å²) in [5, 5.41) is 15.3. The second kappa shape index (κ2) is 4.46. The predicted octanol–water partition coefficient (Wildman–Crippen LogP) is 2.91. The fourth-order valence-electron chi connectivity index (χ4n) is 2.23. The zero-order valence-corrected chi connectivity index (χ0v) is 10.4. The van der Waals surface area contributed by atoms with Crippen molar-refractivity contribution in [2.24, 2.45) is 0 Å². The quantitative estimate of drug-likeness (QED) is 0.701. The molecule has 4 heteroatoms. The van der Waals surface area contributed by atoms with Crippen LogP contribution in [0.2, 0.25) is 0 Å². The van der Waals surface area contributed by atoms with E-state index in [4.69, 9.17) is 10.00 Å². The second-order valence-corrected chi connectivity index (χ2v) is 4.08. The first kappa shape index (κ1) is 11.3. The summed E-state index contributed by atoms with van der Waals surface area (Å²) >= 11 is 0. The lowest BCUT2D eigenvalue weighted by atomic mass is 10.0. The largest absolute Gasteiger partial charge is 0.495 e. The van der Waals surface area contributed by atoms with Crippen LogP contribution in [0.1, 0.15) is 5.56 Å². The molecular weight excluding hydrogens is 238 g/mol. The Morgan fingerprint density at radius 2 is 2.05 bits per heavy atom. The summed E-state index contributed by atoms with van der Waals surface area (Å²) in [5.41, 5.74) is 1.50. The third kappa shape index (κ3) is 1.72. The molecular formula is C15H11N3O. The Hall–Kier alpha value is -2.80. The van der Waals surface area contributed by atoms with Gasteiger partial charge in [0.25, 0.3) is 0 Å². The topological polar surface area (TPSA) is 50.8 Å². The molecule has 1 aromatic heterocycles. The molecule has 0 bridgehead atoms. The van der Waals surface area contributed by atoms with E-state index in [2.05, 4.69) is 11.2 Å². The number of ether oxygens (including phenoxy) is 1. The number of hydrogen-bond acceptors (Lipinski definition) is 3. The maximum Gasteiger partial charge on any atom is 0.144 e. The van der Waals surface area contributed by atoms with Gasteiger partial charge in [-0.1, -0.05) is 18.2 Å². The Balaban J connectivity index is 2.37. The first-order valence-corrected chi connectivity index (χ1v) is 5.85. The lowest BCUT2D eigenvalue weighted by molar-refractivity contribution is 0.418. The molecule has 0 aliphatic carbocycles. The summed E-state index contributed by atoms with van der Waals surface area (Å²) in [4.78, 5) is 0. The van der Waals surface area contributed by atoms with E-state index < -0.39 is 0 Å². The molecule has 0 N–H and O–H groups in total. The maximum atomic E-state index is 9.11. The van der Waals surface area contributed by atoms with Crippen LogP contribution in [0.3, 0.4) is 0 Å². The summed E-state index contributed by atoms with van der Waals surface area (Å²) in [7, 11) is 1.58. The van der Waals surface area contributed by atoms with Crippen LogP contribution < -0.4 is 4.74 Å². The van der Waals surface area contributed by atoms with Crippen molar-refractivity contribution in [1.29, 1.82) is 5.26 Å². The number of nitrogens with zero attached hydrogens (tertiary/aromatic N) is 3. The molecule has 0 radical (unpaired) electrons. The lowest BCUT2D eigenvalue weighted by Gasteiger charge is -2.11. The minimum atomic E-state index is 0.535. The molecule has 3 aromatic rings. The Morgan fingerprint density at radius 3 is 2.74 bits per heavy atom. The van der Waals surface area contributed by atoms with Gasteiger partial charge in [-0.3, -0.25) is 0 Å². The standard InChI is InChI=1S/C15H11N3O/c1-19-15-11(10-16)6-7-12-13(15)4-2-5-14(12)18-9-3-8-17-18/h2-9H,1H3. The van der Waals surface area contributed by atoms with Gasteiger partial charge in [-0.05, 0) is 18.2 Å². The van der Waals surface area contributed by atoms with E-state index in [1.54, 1.807) is 24.1 Å². The summed E-state index contributed by atoms with van der Waals surface area (Å²) < 4.78 is 7.17. The first-order chi connectivity index (χ1) is 9.35. The highest BCUT2D eigenvalue weighted by molar-refractivity contribution is 5.96. The molecule has 2 aromatic carbocycles. The summed E-state index contributed by atoms with van der Waals surface area (Å²) in [6, 6.07) is 13.6. The van der Waals surface area contributed by atoms with Crippen LogP contribution in [-0.4, -0.2) is 16.9 Å². The fourth-order valence-corrected chi connectivity index (χ4v) is 2.23. The van der Waals surface area contributed by atoms with Gasteiger partial charge < -0.3 is 4.74 Å². The Labute approximate surface area is 110 Å². The lowest BCUT2D eigenvalue weighted by Crippen LogP contribution is -1.97. The first-order valence-electron chi connectivity index (χ1n) is 5.85. The predicted molar refractivity (Wildman–Crippen MR) is 72.3 cm³/mol. The van der Waals surface area contributed by atoms with Gasteiger partial charge in [-0.2, -0.15) is 10.4 Å². The smallest absolute Gasteiger partial charge is 0.144 e. The van der Waals surface area contributed by atoms with E-state index in [1.807, 2.05) is 36.5 Å². The number of methoxy groups -OCH3 is 1. The van der Waals surface area contributed by atoms with Crippen molar-refractivity contribution < 1.29 is 4.74 Å². The SMILES string of the molecule is COc1c(C#N)ccc2c(-n3cccn3)cccc12. The van der Waals surface area contributed by atoms with Crippen LogP contribution in [0.25, 0.3) is 16.5 Å². The number of hydrogen-bond donors (Lipinski definition) is 0. The van der Waals surface area contributed by atoms with Gasteiger partial charge in [-0.25, -0.2) is 4.68 Å². The van der Waals surface area contributed by atoms with Crippen LogP contribution in [0.15, 0.2) is 48.8 Å². The van der Waals surface area contributed by atoms with Gasteiger partial charge >= 0.3 is 0 Å². The van der Waals surface area contributed by atoms with Crippen molar-refractivity contribution in [3.05, 3.63) is 54.4 Å². The molecule has 19 heavy (non-hydrogen) atoms. The average molecular weight is 249 g/mol. The molecule has 0 aliphatic rings. The van der Waals surface area contributed by atoms with Gasteiger partial charge in [0, 0.05) is 23.2 Å². The van der Waals surface area contributed by atoms with Crippen molar-refractivity contribution in [2.45, 2.75) is 0 Å².